The smallest absolute Gasteiger partial charge is 0.289 e. The monoisotopic (exact) mass is 271 g/mol. The van der Waals surface area contributed by atoms with E-state index in [-0.39, 0.29) is 12.0 Å². The maximum Gasteiger partial charge on any atom is 0.289 e. The number of para-hydroxylation sites is 1. The molecule has 104 valence electrons. The second kappa shape index (κ2) is 5.82. The van der Waals surface area contributed by atoms with Crippen LogP contribution in [0, 0.1) is 0 Å². The number of piperidine rings is 1. The highest BCUT2D eigenvalue weighted by Gasteiger charge is 2.26. The molecule has 0 bridgehead atoms. The zero-order valence-electron chi connectivity index (χ0n) is 11.2. The first-order valence-corrected chi connectivity index (χ1v) is 6.87. The van der Waals surface area contributed by atoms with Gasteiger partial charge in [-0.2, -0.15) is 0 Å². The van der Waals surface area contributed by atoms with E-state index in [0.717, 1.165) is 25.1 Å². The Morgan fingerprint density at radius 3 is 2.80 bits per heavy atom. The van der Waals surface area contributed by atoms with Crippen molar-refractivity contribution in [3.05, 3.63) is 54.5 Å². The number of amides is 1. The maximum absolute atomic E-state index is 12.2. The number of hydrogen-bond acceptors (Lipinski definition) is 3. The molecular formula is C16H17NO3. The van der Waals surface area contributed by atoms with E-state index in [0.29, 0.717) is 12.3 Å². The van der Waals surface area contributed by atoms with Gasteiger partial charge in [0.15, 0.2) is 5.76 Å². The Balaban J connectivity index is 1.63. The lowest BCUT2D eigenvalue weighted by molar-refractivity contribution is 0.0510. The molecule has 1 atom stereocenters. The molecule has 1 amide bonds. The van der Waals surface area contributed by atoms with Crippen LogP contribution in [0.2, 0.25) is 0 Å². The van der Waals surface area contributed by atoms with Crippen molar-refractivity contribution >= 4 is 5.91 Å². The van der Waals surface area contributed by atoms with E-state index in [2.05, 4.69) is 0 Å². The second-order valence-electron chi connectivity index (χ2n) is 4.92. The third-order valence-electron chi connectivity index (χ3n) is 3.44. The van der Waals surface area contributed by atoms with Crippen LogP contribution >= 0.6 is 0 Å². The normalized spacial score (nSPS) is 18.8. The molecule has 1 aliphatic heterocycles. The largest absolute Gasteiger partial charge is 0.489 e. The van der Waals surface area contributed by atoms with Crippen LogP contribution < -0.4 is 4.74 Å². The van der Waals surface area contributed by atoms with Crippen LogP contribution in [0.15, 0.2) is 53.1 Å². The fourth-order valence-corrected chi connectivity index (χ4v) is 2.47. The molecule has 1 aromatic heterocycles. The average molecular weight is 271 g/mol. The molecule has 4 nitrogen and oxygen atoms in total. The molecule has 0 N–H and O–H groups in total. The van der Waals surface area contributed by atoms with Gasteiger partial charge in [0.1, 0.15) is 11.9 Å². The Bertz CT molecular complexity index is 550. The van der Waals surface area contributed by atoms with Crippen LogP contribution in [0.4, 0.5) is 0 Å². The number of furan rings is 1. The Morgan fingerprint density at radius 2 is 2.05 bits per heavy atom. The van der Waals surface area contributed by atoms with Crippen LogP contribution in [0.25, 0.3) is 0 Å². The van der Waals surface area contributed by atoms with Gasteiger partial charge >= 0.3 is 0 Å². The Labute approximate surface area is 118 Å². The molecule has 0 aliphatic carbocycles. The van der Waals surface area contributed by atoms with Gasteiger partial charge in [-0.3, -0.25) is 4.79 Å². The zero-order chi connectivity index (χ0) is 13.8. The highest BCUT2D eigenvalue weighted by Crippen LogP contribution is 2.19. The summed E-state index contributed by atoms with van der Waals surface area (Å²) >= 11 is 0. The van der Waals surface area contributed by atoms with Crippen molar-refractivity contribution < 1.29 is 13.9 Å². The van der Waals surface area contributed by atoms with E-state index in [1.54, 1.807) is 17.0 Å². The van der Waals surface area contributed by atoms with Gasteiger partial charge in [-0.25, -0.2) is 0 Å². The van der Waals surface area contributed by atoms with Gasteiger partial charge in [-0.05, 0) is 37.1 Å². The van der Waals surface area contributed by atoms with Gasteiger partial charge in [-0.1, -0.05) is 18.2 Å². The van der Waals surface area contributed by atoms with Gasteiger partial charge < -0.3 is 14.1 Å². The summed E-state index contributed by atoms with van der Waals surface area (Å²) in [7, 11) is 0. The van der Waals surface area contributed by atoms with E-state index < -0.39 is 0 Å². The lowest BCUT2D eigenvalue weighted by Crippen LogP contribution is -2.44. The van der Waals surface area contributed by atoms with E-state index in [4.69, 9.17) is 9.15 Å². The molecule has 20 heavy (non-hydrogen) atoms. The van der Waals surface area contributed by atoms with Crippen molar-refractivity contribution in [2.45, 2.75) is 18.9 Å². The third-order valence-corrected chi connectivity index (χ3v) is 3.44. The first kappa shape index (κ1) is 12.8. The molecule has 4 heteroatoms. The number of nitrogens with zero attached hydrogens (tertiary/aromatic N) is 1. The summed E-state index contributed by atoms with van der Waals surface area (Å²) in [6, 6.07) is 13.2. The standard InChI is InChI=1S/C16H17NO3/c18-16(15-9-5-11-19-15)17-10-4-8-14(12-17)20-13-6-2-1-3-7-13/h1-3,5-7,9,11,14H,4,8,10,12H2. The topological polar surface area (TPSA) is 42.7 Å². The number of carbonyl (C=O) groups is 1. The fourth-order valence-electron chi connectivity index (χ4n) is 2.47. The Morgan fingerprint density at radius 1 is 1.20 bits per heavy atom. The van der Waals surface area contributed by atoms with E-state index in [9.17, 15) is 4.79 Å². The molecule has 2 heterocycles. The van der Waals surface area contributed by atoms with Crippen molar-refractivity contribution in [3.63, 3.8) is 0 Å². The molecule has 2 aromatic rings. The Kier molecular flexibility index (Phi) is 3.72. The molecule has 3 rings (SSSR count). The molecule has 1 fully saturated rings. The third kappa shape index (κ3) is 2.85. The van der Waals surface area contributed by atoms with Crippen LogP contribution in [0.3, 0.4) is 0 Å². The predicted molar refractivity (Wildman–Crippen MR) is 74.7 cm³/mol. The highest BCUT2D eigenvalue weighted by atomic mass is 16.5. The highest BCUT2D eigenvalue weighted by molar-refractivity contribution is 5.91. The van der Waals surface area contributed by atoms with Crippen molar-refractivity contribution in [1.82, 2.24) is 4.90 Å². The van der Waals surface area contributed by atoms with Crippen molar-refractivity contribution in [2.24, 2.45) is 0 Å². The Hall–Kier alpha value is -2.23. The molecule has 1 unspecified atom stereocenters. The van der Waals surface area contributed by atoms with Gasteiger partial charge in [-0.15, -0.1) is 0 Å². The summed E-state index contributed by atoms with van der Waals surface area (Å²) in [6.45, 7) is 1.36. The molecule has 1 aliphatic rings. The fraction of sp³-hybridized carbons (Fsp3) is 0.312. The van der Waals surface area contributed by atoms with Gasteiger partial charge in [0.05, 0.1) is 12.8 Å². The first-order valence-electron chi connectivity index (χ1n) is 6.87. The molecule has 1 aromatic carbocycles. The van der Waals surface area contributed by atoms with E-state index >= 15 is 0 Å². The summed E-state index contributed by atoms with van der Waals surface area (Å²) in [5.41, 5.74) is 0. The zero-order valence-corrected chi connectivity index (χ0v) is 11.2. The molecule has 0 saturated carbocycles. The number of benzene rings is 1. The van der Waals surface area contributed by atoms with Gasteiger partial charge in [0.25, 0.3) is 5.91 Å². The summed E-state index contributed by atoms with van der Waals surface area (Å²) < 4.78 is 11.1. The number of likely N-dealkylation sites (tertiary alicyclic amines) is 1. The van der Waals surface area contributed by atoms with Crippen LogP contribution in [0.1, 0.15) is 23.4 Å². The van der Waals surface area contributed by atoms with Crippen LogP contribution in [0.5, 0.6) is 5.75 Å². The number of rotatable bonds is 3. The quantitative estimate of drug-likeness (QED) is 0.862. The van der Waals surface area contributed by atoms with Crippen molar-refractivity contribution in [3.8, 4) is 5.75 Å². The van der Waals surface area contributed by atoms with Crippen molar-refractivity contribution in [1.29, 1.82) is 0 Å². The van der Waals surface area contributed by atoms with E-state index in [1.165, 1.54) is 6.26 Å². The SMILES string of the molecule is O=C(c1ccco1)N1CCCC(Oc2ccccc2)C1. The molecule has 1 saturated heterocycles. The predicted octanol–water partition coefficient (Wildman–Crippen LogP) is 2.96. The molecule has 0 radical (unpaired) electrons. The maximum atomic E-state index is 12.2. The minimum Gasteiger partial charge on any atom is -0.489 e. The van der Waals surface area contributed by atoms with Gasteiger partial charge in [0, 0.05) is 6.54 Å². The number of ether oxygens (including phenoxy) is 1. The number of hydrogen-bond donors (Lipinski definition) is 0. The molecule has 0 spiro atoms. The molecular weight excluding hydrogens is 254 g/mol. The number of carbonyl (C=O) groups excluding carboxylic acids is 1. The van der Waals surface area contributed by atoms with Crippen molar-refractivity contribution in [2.75, 3.05) is 13.1 Å². The lowest BCUT2D eigenvalue weighted by Gasteiger charge is -2.32. The second-order valence-corrected chi connectivity index (χ2v) is 4.92. The average Bonchev–Trinajstić information content (AvgIpc) is 3.02. The summed E-state index contributed by atoms with van der Waals surface area (Å²) in [5, 5.41) is 0. The van der Waals surface area contributed by atoms with E-state index in [1.807, 2.05) is 30.3 Å². The summed E-state index contributed by atoms with van der Waals surface area (Å²) in [5.74, 6) is 1.19. The first-order chi connectivity index (χ1) is 9.83. The van der Waals surface area contributed by atoms with Crippen LogP contribution in [-0.4, -0.2) is 30.0 Å². The van der Waals surface area contributed by atoms with Gasteiger partial charge in [0.2, 0.25) is 0 Å². The summed E-state index contributed by atoms with van der Waals surface area (Å²) in [6.07, 6.45) is 3.49. The van der Waals surface area contributed by atoms with Crippen LogP contribution in [-0.2, 0) is 0 Å². The minimum atomic E-state index is -0.0589. The minimum absolute atomic E-state index is 0.0464. The summed E-state index contributed by atoms with van der Waals surface area (Å²) in [4.78, 5) is 14.0. The lowest BCUT2D eigenvalue weighted by atomic mass is 10.1.